The first-order chi connectivity index (χ1) is 10.6. The highest BCUT2D eigenvalue weighted by Crippen LogP contribution is 2.25. The number of hydrogen-bond acceptors (Lipinski definition) is 3. The molecule has 0 bridgehead atoms. The zero-order valence-corrected chi connectivity index (χ0v) is 12.5. The highest BCUT2D eigenvalue weighted by Gasteiger charge is 2.20. The van der Waals surface area contributed by atoms with E-state index in [4.69, 9.17) is 16.7 Å². The number of aliphatic carboxylic acids is 1. The van der Waals surface area contributed by atoms with Gasteiger partial charge in [0.2, 0.25) is 5.91 Å². The Balaban J connectivity index is 2.01. The summed E-state index contributed by atoms with van der Waals surface area (Å²) < 4.78 is 1.64. The topological polar surface area (TPSA) is 84.2 Å². The molecule has 1 aromatic heterocycles. The van der Waals surface area contributed by atoms with Crippen LogP contribution in [-0.2, 0) is 16.1 Å². The zero-order valence-electron chi connectivity index (χ0n) is 11.8. The van der Waals surface area contributed by atoms with Crippen molar-refractivity contribution in [3.05, 3.63) is 53.3 Å². The van der Waals surface area contributed by atoms with E-state index in [1.165, 1.54) is 0 Å². The molecule has 0 aliphatic rings. The Bertz CT molecular complexity index is 643. The van der Waals surface area contributed by atoms with Gasteiger partial charge in [-0.3, -0.25) is 14.3 Å². The fraction of sp³-hybridized carbons (Fsp3) is 0.267. The maximum absolute atomic E-state index is 12.0. The maximum atomic E-state index is 12.0. The number of carboxylic acids is 1. The zero-order chi connectivity index (χ0) is 15.9. The van der Waals surface area contributed by atoms with Crippen molar-refractivity contribution in [1.29, 1.82) is 0 Å². The third-order valence-corrected chi connectivity index (χ3v) is 3.47. The summed E-state index contributed by atoms with van der Waals surface area (Å²) >= 11 is 6.09. The number of carbonyl (C=O) groups is 2. The van der Waals surface area contributed by atoms with Crippen molar-refractivity contribution >= 4 is 23.5 Å². The number of carboxylic acid groups (broad SMARTS) is 1. The van der Waals surface area contributed by atoms with Crippen molar-refractivity contribution in [2.24, 2.45) is 0 Å². The van der Waals surface area contributed by atoms with Gasteiger partial charge in [0.05, 0.1) is 12.5 Å². The van der Waals surface area contributed by atoms with Gasteiger partial charge in [-0.25, -0.2) is 0 Å². The summed E-state index contributed by atoms with van der Waals surface area (Å²) in [7, 11) is 0. The predicted octanol–water partition coefficient (Wildman–Crippen LogP) is 2.26. The van der Waals surface area contributed by atoms with Crippen molar-refractivity contribution in [3.8, 4) is 0 Å². The fourth-order valence-corrected chi connectivity index (χ4v) is 2.35. The lowest BCUT2D eigenvalue weighted by Gasteiger charge is -2.18. The SMILES string of the molecule is O=C(O)C[C@H](NC(=O)CCn1cccn1)c1ccccc1Cl. The molecule has 1 heterocycles. The molecule has 1 atom stereocenters. The molecule has 0 aliphatic heterocycles. The van der Waals surface area contributed by atoms with Crippen LogP contribution in [0.25, 0.3) is 0 Å². The molecule has 0 fully saturated rings. The summed E-state index contributed by atoms with van der Waals surface area (Å²) in [5.74, 6) is -1.25. The van der Waals surface area contributed by atoms with Crippen LogP contribution in [0.1, 0.15) is 24.4 Å². The van der Waals surface area contributed by atoms with Crippen molar-refractivity contribution in [2.75, 3.05) is 0 Å². The molecule has 2 rings (SSSR count). The molecule has 1 aromatic carbocycles. The second-order valence-corrected chi connectivity index (χ2v) is 5.17. The maximum Gasteiger partial charge on any atom is 0.305 e. The van der Waals surface area contributed by atoms with Gasteiger partial charge in [0.15, 0.2) is 0 Å². The first kappa shape index (κ1) is 16.0. The van der Waals surface area contributed by atoms with Crippen LogP contribution in [0.3, 0.4) is 0 Å². The third-order valence-electron chi connectivity index (χ3n) is 3.12. The van der Waals surface area contributed by atoms with E-state index >= 15 is 0 Å². The van der Waals surface area contributed by atoms with Gasteiger partial charge in [0.25, 0.3) is 0 Å². The Labute approximate surface area is 132 Å². The van der Waals surface area contributed by atoms with Crippen molar-refractivity contribution in [3.63, 3.8) is 0 Å². The largest absolute Gasteiger partial charge is 0.481 e. The van der Waals surface area contributed by atoms with E-state index < -0.39 is 12.0 Å². The van der Waals surface area contributed by atoms with Crippen LogP contribution in [0, 0.1) is 0 Å². The number of aryl methyl sites for hydroxylation is 1. The van der Waals surface area contributed by atoms with E-state index in [9.17, 15) is 9.59 Å². The van der Waals surface area contributed by atoms with Crippen LogP contribution in [0.2, 0.25) is 5.02 Å². The number of benzene rings is 1. The van der Waals surface area contributed by atoms with Crippen LogP contribution in [-0.4, -0.2) is 26.8 Å². The highest BCUT2D eigenvalue weighted by atomic mass is 35.5. The molecule has 0 aliphatic carbocycles. The molecule has 116 valence electrons. The number of halogens is 1. The highest BCUT2D eigenvalue weighted by molar-refractivity contribution is 6.31. The smallest absolute Gasteiger partial charge is 0.305 e. The summed E-state index contributed by atoms with van der Waals surface area (Å²) in [4.78, 5) is 23.0. The standard InChI is InChI=1S/C15H16ClN3O3/c16-12-5-2-1-4-11(12)13(10-15(21)22)18-14(20)6-9-19-8-3-7-17-19/h1-5,7-8,13H,6,9-10H2,(H,18,20)(H,21,22)/t13-/m0/s1. The summed E-state index contributed by atoms with van der Waals surface area (Å²) in [5, 5.41) is 16.2. The average molecular weight is 322 g/mol. The van der Waals surface area contributed by atoms with Crippen molar-refractivity contribution in [1.82, 2.24) is 15.1 Å². The molecule has 0 saturated carbocycles. The second-order valence-electron chi connectivity index (χ2n) is 4.76. The van der Waals surface area contributed by atoms with Gasteiger partial charge >= 0.3 is 5.97 Å². The lowest BCUT2D eigenvalue weighted by Crippen LogP contribution is -2.31. The molecule has 22 heavy (non-hydrogen) atoms. The van der Waals surface area contributed by atoms with E-state index in [1.54, 1.807) is 47.4 Å². The molecule has 1 amide bonds. The molecule has 0 radical (unpaired) electrons. The molecule has 0 unspecified atom stereocenters. The number of carbonyl (C=O) groups excluding carboxylic acids is 1. The molecular formula is C15H16ClN3O3. The van der Waals surface area contributed by atoms with E-state index in [1.807, 2.05) is 0 Å². The van der Waals surface area contributed by atoms with Crippen molar-refractivity contribution in [2.45, 2.75) is 25.4 Å². The lowest BCUT2D eigenvalue weighted by atomic mass is 10.0. The van der Waals surface area contributed by atoms with E-state index in [0.717, 1.165) is 0 Å². The van der Waals surface area contributed by atoms with Gasteiger partial charge in [-0.15, -0.1) is 0 Å². The number of nitrogens with zero attached hydrogens (tertiary/aromatic N) is 2. The first-order valence-electron chi connectivity index (χ1n) is 6.79. The van der Waals surface area contributed by atoms with Crippen LogP contribution < -0.4 is 5.32 Å². The van der Waals surface area contributed by atoms with Gasteiger partial charge in [-0.1, -0.05) is 29.8 Å². The first-order valence-corrected chi connectivity index (χ1v) is 7.17. The predicted molar refractivity (Wildman–Crippen MR) is 81.4 cm³/mol. The molecule has 2 aromatic rings. The number of aromatic nitrogens is 2. The Hall–Kier alpha value is -2.34. The number of rotatable bonds is 7. The van der Waals surface area contributed by atoms with Gasteiger partial charge in [0.1, 0.15) is 0 Å². The van der Waals surface area contributed by atoms with Gasteiger partial charge in [0, 0.05) is 30.4 Å². The summed E-state index contributed by atoms with van der Waals surface area (Å²) in [6.45, 7) is 0.432. The number of amides is 1. The fourth-order valence-electron chi connectivity index (χ4n) is 2.09. The summed E-state index contributed by atoms with van der Waals surface area (Å²) in [6.07, 6.45) is 3.38. The second kappa shape index (κ2) is 7.61. The Morgan fingerprint density at radius 2 is 2.09 bits per heavy atom. The quantitative estimate of drug-likeness (QED) is 0.819. The molecule has 6 nitrogen and oxygen atoms in total. The van der Waals surface area contributed by atoms with Crippen LogP contribution in [0.15, 0.2) is 42.7 Å². The van der Waals surface area contributed by atoms with Crippen LogP contribution >= 0.6 is 11.6 Å². The lowest BCUT2D eigenvalue weighted by molar-refractivity contribution is -0.137. The van der Waals surface area contributed by atoms with Crippen molar-refractivity contribution < 1.29 is 14.7 Å². The third kappa shape index (κ3) is 4.60. The summed E-state index contributed by atoms with van der Waals surface area (Å²) in [6, 6.07) is 8.01. The van der Waals surface area contributed by atoms with E-state index in [0.29, 0.717) is 17.1 Å². The average Bonchev–Trinajstić information content (AvgIpc) is 2.98. The van der Waals surface area contributed by atoms with Crippen LogP contribution in [0.5, 0.6) is 0 Å². The molecular weight excluding hydrogens is 306 g/mol. The molecule has 2 N–H and O–H groups in total. The number of nitrogens with one attached hydrogen (secondary N) is 1. The minimum Gasteiger partial charge on any atom is -0.481 e. The van der Waals surface area contributed by atoms with E-state index in [2.05, 4.69) is 10.4 Å². The minimum atomic E-state index is -1.00. The number of hydrogen-bond donors (Lipinski definition) is 2. The molecule has 0 spiro atoms. The van der Waals surface area contributed by atoms with Crippen LogP contribution in [0.4, 0.5) is 0 Å². The molecule has 7 heteroatoms. The van der Waals surface area contributed by atoms with E-state index in [-0.39, 0.29) is 18.7 Å². The molecule has 0 saturated heterocycles. The normalized spacial score (nSPS) is 11.9. The Morgan fingerprint density at radius 1 is 1.32 bits per heavy atom. The Kier molecular flexibility index (Phi) is 5.55. The van der Waals surface area contributed by atoms with Gasteiger partial charge in [-0.2, -0.15) is 5.10 Å². The van der Waals surface area contributed by atoms with Gasteiger partial charge in [-0.05, 0) is 17.7 Å². The minimum absolute atomic E-state index is 0.211. The Morgan fingerprint density at radius 3 is 2.73 bits per heavy atom. The monoisotopic (exact) mass is 321 g/mol. The summed E-state index contributed by atoms with van der Waals surface area (Å²) in [5.41, 5.74) is 0.596. The van der Waals surface area contributed by atoms with Gasteiger partial charge < -0.3 is 10.4 Å².